The maximum atomic E-state index is 13.1. The van der Waals surface area contributed by atoms with Gasteiger partial charge in [0, 0.05) is 15.7 Å². The molecule has 0 saturated carbocycles. The van der Waals surface area contributed by atoms with Gasteiger partial charge < -0.3 is 10.6 Å². The van der Waals surface area contributed by atoms with Gasteiger partial charge in [0.25, 0.3) is 0 Å². The van der Waals surface area contributed by atoms with Gasteiger partial charge in [-0.3, -0.25) is 4.79 Å². The lowest BCUT2D eigenvalue weighted by Crippen LogP contribution is -2.19. The van der Waals surface area contributed by atoms with Gasteiger partial charge in [-0.15, -0.1) is 0 Å². The van der Waals surface area contributed by atoms with Crippen molar-refractivity contribution in [1.29, 1.82) is 0 Å². The Morgan fingerprint density at radius 3 is 2.57 bits per heavy atom. The van der Waals surface area contributed by atoms with Gasteiger partial charge >= 0.3 is 6.03 Å². The molecule has 0 saturated heterocycles. The largest absolute Gasteiger partial charge is 0.323 e. The highest BCUT2D eigenvalue weighted by atomic mass is 79.9. The normalized spacial score (nSPS) is 10.0. The number of nitrogens with one attached hydrogen (secondary N) is 2. The number of Topliss-reactive ketones (excluding diaryl/α,β-unsaturated/α-hetero) is 1. The molecule has 0 atom stereocenters. The van der Waals surface area contributed by atoms with Crippen LogP contribution in [0.3, 0.4) is 0 Å². The lowest BCUT2D eigenvalue weighted by Gasteiger charge is -2.10. The number of benzene rings is 2. The first-order valence-corrected chi connectivity index (χ1v) is 6.89. The van der Waals surface area contributed by atoms with E-state index >= 15 is 0 Å². The van der Waals surface area contributed by atoms with Crippen LogP contribution >= 0.6 is 15.9 Å². The highest BCUT2D eigenvalue weighted by Gasteiger charge is 2.08. The zero-order valence-corrected chi connectivity index (χ0v) is 12.7. The first kappa shape index (κ1) is 15.2. The average Bonchev–Trinajstić information content (AvgIpc) is 2.43. The Hall–Kier alpha value is -2.21. The van der Waals surface area contributed by atoms with Crippen LogP contribution in [0.1, 0.15) is 17.3 Å². The van der Waals surface area contributed by atoms with Gasteiger partial charge in [-0.2, -0.15) is 0 Å². The molecule has 2 aromatic carbocycles. The van der Waals surface area contributed by atoms with E-state index in [-0.39, 0.29) is 5.78 Å². The van der Waals surface area contributed by atoms with Crippen LogP contribution < -0.4 is 10.6 Å². The molecule has 0 aliphatic heterocycles. The van der Waals surface area contributed by atoms with Crippen LogP contribution in [0.15, 0.2) is 46.9 Å². The molecule has 0 bridgehead atoms. The number of ketones is 1. The summed E-state index contributed by atoms with van der Waals surface area (Å²) in [5.41, 5.74) is 1.29. The molecule has 0 aliphatic carbocycles. The van der Waals surface area contributed by atoms with Crippen LogP contribution in [0.25, 0.3) is 0 Å². The Bertz CT molecular complexity index is 704. The molecular formula is C15H12BrFN2O2. The topological polar surface area (TPSA) is 58.2 Å². The van der Waals surface area contributed by atoms with Crippen molar-refractivity contribution >= 4 is 39.1 Å². The van der Waals surface area contributed by atoms with E-state index < -0.39 is 11.8 Å². The lowest BCUT2D eigenvalue weighted by atomic mass is 10.1. The second-order valence-electron chi connectivity index (χ2n) is 4.34. The summed E-state index contributed by atoms with van der Waals surface area (Å²) in [7, 11) is 0. The van der Waals surface area contributed by atoms with Crippen molar-refractivity contribution in [2.45, 2.75) is 6.92 Å². The van der Waals surface area contributed by atoms with Crippen LogP contribution in [0, 0.1) is 5.82 Å². The molecule has 2 aromatic rings. The van der Waals surface area contributed by atoms with Crippen molar-refractivity contribution in [1.82, 2.24) is 0 Å². The molecule has 2 rings (SSSR count). The lowest BCUT2D eigenvalue weighted by molar-refractivity contribution is 0.101. The van der Waals surface area contributed by atoms with Crippen molar-refractivity contribution in [3.63, 3.8) is 0 Å². The number of rotatable bonds is 3. The second kappa shape index (κ2) is 6.49. The number of anilines is 2. The number of hydrogen-bond acceptors (Lipinski definition) is 2. The van der Waals surface area contributed by atoms with Gasteiger partial charge in [-0.1, -0.05) is 12.1 Å². The quantitative estimate of drug-likeness (QED) is 0.804. The van der Waals surface area contributed by atoms with E-state index in [9.17, 15) is 14.0 Å². The molecule has 21 heavy (non-hydrogen) atoms. The highest BCUT2D eigenvalue weighted by molar-refractivity contribution is 9.10. The van der Waals surface area contributed by atoms with E-state index in [1.807, 2.05) is 0 Å². The van der Waals surface area contributed by atoms with E-state index in [0.717, 1.165) is 0 Å². The molecule has 6 heteroatoms. The van der Waals surface area contributed by atoms with Crippen LogP contribution in [-0.2, 0) is 0 Å². The SMILES string of the molecule is CC(=O)c1cccc(NC(=O)Nc2cc(F)ccc2Br)c1. The molecule has 0 aliphatic rings. The summed E-state index contributed by atoms with van der Waals surface area (Å²) < 4.78 is 13.7. The summed E-state index contributed by atoms with van der Waals surface area (Å²) in [5.74, 6) is -0.543. The zero-order chi connectivity index (χ0) is 15.4. The predicted octanol–water partition coefficient (Wildman–Crippen LogP) is 4.43. The van der Waals surface area contributed by atoms with Crippen molar-refractivity contribution in [2.75, 3.05) is 10.6 Å². The zero-order valence-electron chi connectivity index (χ0n) is 11.1. The molecule has 0 aromatic heterocycles. The fourth-order valence-electron chi connectivity index (χ4n) is 1.69. The monoisotopic (exact) mass is 350 g/mol. The highest BCUT2D eigenvalue weighted by Crippen LogP contribution is 2.23. The summed E-state index contributed by atoms with van der Waals surface area (Å²) in [6.07, 6.45) is 0. The van der Waals surface area contributed by atoms with E-state index in [2.05, 4.69) is 26.6 Å². The number of amides is 2. The number of hydrogen-bond donors (Lipinski definition) is 2. The molecular weight excluding hydrogens is 339 g/mol. The molecule has 4 nitrogen and oxygen atoms in total. The molecule has 0 fully saturated rings. The third kappa shape index (κ3) is 4.13. The minimum atomic E-state index is -0.526. The van der Waals surface area contributed by atoms with Gasteiger partial charge in [0.1, 0.15) is 5.82 Å². The molecule has 108 valence electrons. The number of halogens is 2. The Labute approximate surface area is 129 Å². The van der Waals surface area contributed by atoms with Crippen molar-refractivity contribution < 1.29 is 14.0 Å². The molecule has 0 radical (unpaired) electrons. The summed E-state index contributed by atoms with van der Waals surface area (Å²) in [4.78, 5) is 23.2. The first-order valence-electron chi connectivity index (χ1n) is 6.10. The van der Waals surface area contributed by atoms with Crippen molar-refractivity contribution in [3.05, 3.63) is 58.3 Å². The Kier molecular flexibility index (Phi) is 4.70. The fourth-order valence-corrected chi connectivity index (χ4v) is 2.04. The third-order valence-corrected chi connectivity index (χ3v) is 3.40. The Morgan fingerprint density at radius 1 is 1.10 bits per heavy atom. The maximum absolute atomic E-state index is 13.1. The smallest absolute Gasteiger partial charge is 0.308 e. The molecule has 2 N–H and O–H groups in total. The van der Waals surface area contributed by atoms with E-state index in [1.54, 1.807) is 24.3 Å². The Balaban J connectivity index is 2.10. The number of urea groups is 1. The van der Waals surface area contributed by atoms with Gasteiger partial charge in [0.05, 0.1) is 5.69 Å². The van der Waals surface area contributed by atoms with Crippen LogP contribution in [0.4, 0.5) is 20.6 Å². The van der Waals surface area contributed by atoms with Gasteiger partial charge in [0.2, 0.25) is 0 Å². The minimum Gasteiger partial charge on any atom is -0.308 e. The number of carbonyl (C=O) groups excluding carboxylic acids is 2. The average molecular weight is 351 g/mol. The summed E-state index contributed by atoms with van der Waals surface area (Å²) >= 11 is 3.22. The van der Waals surface area contributed by atoms with Crippen LogP contribution in [-0.4, -0.2) is 11.8 Å². The summed E-state index contributed by atoms with van der Waals surface area (Å²) in [5, 5.41) is 5.11. The van der Waals surface area contributed by atoms with Crippen LogP contribution in [0.5, 0.6) is 0 Å². The Morgan fingerprint density at radius 2 is 1.86 bits per heavy atom. The molecule has 2 amide bonds. The minimum absolute atomic E-state index is 0.0908. The predicted molar refractivity (Wildman–Crippen MR) is 83.2 cm³/mol. The molecule has 0 heterocycles. The van der Waals surface area contributed by atoms with Crippen molar-refractivity contribution in [2.24, 2.45) is 0 Å². The standard InChI is InChI=1S/C15H12BrFN2O2/c1-9(20)10-3-2-4-12(7-10)18-15(21)19-14-8-11(17)5-6-13(14)16/h2-8H,1H3,(H2,18,19,21). The van der Waals surface area contributed by atoms with E-state index in [1.165, 1.54) is 25.1 Å². The van der Waals surface area contributed by atoms with E-state index in [4.69, 9.17) is 0 Å². The third-order valence-electron chi connectivity index (χ3n) is 2.70. The van der Waals surface area contributed by atoms with Gasteiger partial charge in [0.15, 0.2) is 5.78 Å². The molecule has 0 spiro atoms. The summed E-state index contributed by atoms with van der Waals surface area (Å²) in [6, 6.07) is 10.0. The maximum Gasteiger partial charge on any atom is 0.323 e. The first-order chi connectivity index (χ1) is 9.95. The summed E-state index contributed by atoms with van der Waals surface area (Å²) in [6.45, 7) is 1.45. The second-order valence-corrected chi connectivity index (χ2v) is 5.19. The van der Waals surface area contributed by atoms with Gasteiger partial charge in [-0.05, 0) is 53.2 Å². The van der Waals surface area contributed by atoms with Gasteiger partial charge in [-0.25, -0.2) is 9.18 Å². The fraction of sp³-hybridized carbons (Fsp3) is 0.0667. The number of carbonyl (C=O) groups is 2. The van der Waals surface area contributed by atoms with Crippen molar-refractivity contribution in [3.8, 4) is 0 Å². The van der Waals surface area contributed by atoms with Crippen LogP contribution in [0.2, 0.25) is 0 Å². The van der Waals surface area contributed by atoms with E-state index in [0.29, 0.717) is 21.4 Å². The molecule has 0 unspecified atom stereocenters.